The summed E-state index contributed by atoms with van der Waals surface area (Å²) in [7, 11) is 1.89. The number of hydrogen-bond donors (Lipinski definition) is 1. The molecule has 0 saturated carbocycles. The second-order valence-electron chi connectivity index (χ2n) is 4.33. The summed E-state index contributed by atoms with van der Waals surface area (Å²) in [6.45, 7) is 6.97. The van der Waals surface area contributed by atoms with Gasteiger partial charge in [0.15, 0.2) is 5.82 Å². The topological polar surface area (TPSA) is 55.6 Å². The molecule has 5 nitrogen and oxygen atoms in total. The summed E-state index contributed by atoms with van der Waals surface area (Å²) in [6.07, 6.45) is 0.989. The van der Waals surface area contributed by atoms with Crippen LogP contribution in [0.15, 0.2) is 12.1 Å². The molecule has 1 N–H and O–H groups in total. The number of aryl methyl sites for hydroxylation is 1. The van der Waals surface area contributed by atoms with Crippen LogP contribution in [0.2, 0.25) is 0 Å². The average molecular weight is 245 g/mol. The van der Waals surface area contributed by atoms with E-state index in [1.54, 1.807) is 0 Å². The van der Waals surface area contributed by atoms with Crippen LogP contribution < -0.4 is 5.32 Å². The highest BCUT2D eigenvalue weighted by Crippen LogP contribution is 2.16. The first-order chi connectivity index (χ1) is 8.67. The molecule has 2 heterocycles. The van der Waals surface area contributed by atoms with Gasteiger partial charge in [-0.05, 0) is 45.0 Å². The van der Waals surface area contributed by atoms with Crippen molar-refractivity contribution >= 4 is 0 Å². The molecule has 2 rings (SSSR count). The third kappa shape index (κ3) is 2.26. The fourth-order valence-corrected chi connectivity index (χ4v) is 2.15. The lowest BCUT2D eigenvalue weighted by Gasteiger charge is -2.04. The molecule has 0 saturated heterocycles. The smallest absolute Gasteiger partial charge is 0.175 e. The Labute approximate surface area is 107 Å². The minimum Gasteiger partial charge on any atom is -0.314 e. The normalized spacial score (nSPS) is 10.9. The third-order valence-corrected chi connectivity index (χ3v) is 3.08. The van der Waals surface area contributed by atoms with Crippen molar-refractivity contribution in [2.24, 2.45) is 0 Å². The Kier molecular flexibility index (Phi) is 3.72. The predicted octanol–water partition coefficient (Wildman–Crippen LogP) is 1.56. The lowest BCUT2D eigenvalue weighted by Crippen LogP contribution is -2.10. The van der Waals surface area contributed by atoms with Crippen LogP contribution in [-0.4, -0.2) is 27.0 Å². The second kappa shape index (κ2) is 5.27. The van der Waals surface area contributed by atoms with Gasteiger partial charge in [0.25, 0.3) is 0 Å². The van der Waals surface area contributed by atoms with Gasteiger partial charge in [0, 0.05) is 12.2 Å². The van der Waals surface area contributed by atoms with Crippen LogP contribution >= 0.6 is 0 Å². The average Bonchev–Trinajstić information content (AvgIpc) is 2.66. The van der Waals surface area contributed by atoms with Crippen molar-refractivity contribution in [3.8, 4) is 5.82 Å². The van der Waals surface area contributed by atoms with Gasteiger partial charge in [-0.3, -0.25) is 0 Å². The molecule has 5 heteroatoms. The van der Waals surface area contributed by atoms with E-state index in [2.05, 4.69) is 34.5 Å². The standard InChI is InChI=1S/C13H19N5/c1-5-12-9(2)17-18(10(12)3)13-7-6-11(8-14-4)15-16-13/h6-7,14H,5,8H2,1-4H3. The summed E-state index contributed by atoms with van der Waals surface area (Å²) in [6, 6.07) is 3.93. The quantitative estimate of drug-likeness (QED) is 0.888. The molecule has 0 amide bonds. The summed E-state index contributed by atoms with van der Waals surface area (Å²) < 4.78 is 1.87. The van der Waals surface area contributed by atoms with Crippen LogP contribution in [-0.2, 0) is 13.0 Å². The van der Waals surface area contributed by atoms with Crippen LogP contribution in [0.1, 0.15) is 29.6 Å². The molecule has 0 fully saturated rings. The monoisotopic (exact) mass is 245 g/mol. The van der Waals surface area contributed by atoms with Crippen molar-refractivity contribution in [3.63, 3.8) is 0 Å². The minimum atomic E-state index is 0.727. The highest BCUT2D eigenvalue weighted by atomic mass is 15.3. The number of nitrogens with zero attached hydrogens (tertiary/aromatic N) is 4. The van der Waals surface area contributed by atoms with E-state index >= 15 is 0 Å². The Morgan fingerprint density at radius 2 is 2.00 bits per heavy atom. The molecule has 0 radical (unpaired) electrons. The first kappa shape index (κ1) is 12.7. The van der Waals surface area contributed by atoms with Gasteiger partial charge in [-0.2, -0.15) is 10.2 Å². The number of rotatable bonds is 4. The zero-order valence-electron chi connectivity index (χ0n) is 11.4. The maximum Gasteiger partial charge on any atom is 0.175 e. The van der Waals surface area contributed by atoms with Gasteiger partial charge in [-0.1, -0.05) is 6.92 Å². The fraction of sp³-hybridized carbons (Fsp3) is 0.462. The lowest BCUT2D eigenvalue weighted by molar-refractivity contribution is 0.735. The molecular weight excluding hydrogens is 226 g/mol. The molecule has 0 aliphatic rings. The van der Waals surface area contributed by atoms with Gasteiger partial charge in [0.05, 0.1) is 11.4 Å². The molecule has 0 aliphatic heterocycles. The first-order valence-corrected chi connectivity index (χ1v) is 6.20. The maximum absolute atomic E-state index is 4.53. The minimum absolute atomic E-state index is 0.727. The lowest BCUT2D eigenvalue weighted by atomic mass is 10.1. The second-order valence-corrected chi connectivity index (χ2v) is 4.33. The van der Waals surface area contributed by atoms with E-state index < -0.39 is 0 Å². The molecule has 0 unspecified atom stereocenters. The first-order valence-electron chi connectivity index (χ1n) is 6.20. The van der Waals surface area contributed by atoms with Crippen molar-refractivity contribution in [1.29, 1.82) is 0 Å². The van der Waals surface area contributed by atoms with E-state index in [4.69, 9.17) is 0 Å². The van der Waals surface area contributed by atoms with Gasteiger partial charge in [0.1, 0.15) is 0 Å². The number of nitrogens with one attached hydrogen (secondary N) is 1. The Morgan fingerprint density at radius 3 is 2.50 bits per heavy atom. The molecule has 0 aliphatic carbocycles. The molecule has 2 aromatic heterocycles. The fourth-order valence-electron chi connectivity index (χ4n) is 2.15. The van der Waals surface area contributed by atoms with Gasteiger partial charge in [-0.25, -0.2) is 4.68 Å². The van der Waals surface area contributed by atoms with Gasteiger partial charge in [0.2, 0.25) is 0 Å². The largest absolute Gasteiger partial charge is 0.314 e. The summed E-state index contributed by atoms with van der Waals surface area (Å²) in [5, 5.41) is 16.0. The van der Waals surface area contributed by atoms with E-state index in [1.807, 2.05) is 30.8 Å². The van der Waals surface area contributed by atoms with Crippen LogP contribution in [0.25, 0.3) is 5.82 Å². The molecular formula is C13H19N5. The SMILES string of the molecule is CCc1c(C)nn(-c2ccc(CNC)nn2)c1C. The molecule has 18 heavy (non-hydrogen) atoms. The molecule has 0 atom stereocenters. The zero-order valence-corrected chi connectivity index (χ0v) is 11.4. The summed E-state index contributed by atoms with van der Waals surface area (Å²) in [5.41, 5.74) is 4.43. The molecule has 96 valence electrons. The summed E-state index contributed by atoms with van der Waals surface area (Å²) >= 11 is 0. The van der Waals surface area contributed by atoms with Crippen LogP contribution in [0.5, 0.6) is 0 Å². The highest BCUT2D eigenvalue weighted by Gasteiger charge is 2.12. The van der Waals surface area contributed by atoms with E-state index in [0.29, 0.717) is 0 Å². The summed E-state index contributed by atoms with van der Waals surface area (Å²) in [5.74, 6) is 0.773. The van der Waals surface area contributed by atoms with E-state index in [1.165, 1.54) is 5.56 Å². The van der Waals surface area contributed by atoms with Crippen LogP contribution in [0.4, 0.5) is 0 Å². The molecule has 2 aromatic rings. The molecule has 0 bridgehead atoms. The molecule has 0 spiro atoms. The van der Waals surface area contributed by atoms with Crippen molar-refractivity contribution in [2.45, 2.75) is 33.7 Å². The Hall–Kier alpha value is -1.75. The zero-order chi connectivity index (χ0) is 13.1. The third-order valence-electron chi connectivity index (χ3n) is 3.08. The Bertz CT molecular complexity index is 527. The number of aromatic nitrogens is 4. The van der Waals surface area contributed by atoms with Crippen molar-refractivity contribution in [1.82, 2.24) is 25.3 Å². The van der Waals surface area contributed by atoms with Crippen molar-refractivity contribution < 1.29 is 0 Å². The predicted molar refractivity (Wildman–Crippen MR) is 70.8 cm³/mol. The van der Waals surface area contributed by atoms with Crippen LogP contribution in [0.3, 0.4) is 0 Å². The summed E-state index contributed by atoms with van der Waals surface area (Å²) in [4.78, 5) is 0. The Balaban J connectivity index is 2.36. The van der Waals surface area contributed by atoms with E-state index in [0.717, 1.165) is 35.9 Å². The van der Waals surface area contributed by atoms with Gasteiger partial charge < -0.3 is 5.32 Å². The van der Waals surface area contributed by atoms with E-state index in [9.17, 15) is 0 Å². The Morgan fingerprint density at radius 1 is 1.22 bits per heavy atom. The maximum atomic E-state index is 4.53. The van der Waals surface area contributed by atoms with Crippen LogP contribution in [0, 0.1) is 13.8 Å². The van der Waals surface area contributed by atoms with E-state index in [-0.39, 0.29) is 0 Å². The molecule has 0 aromatic carbocycles. The van der Waals surface area contributed by atoms with Gasteiger partial charge in [-0.15, -0.1) is 5.10 Å². The highest BCUT2D eigenvalue weighted by molar-refractivity contribution is 5.32. The van der Waals surface area contributed by atoms with Crippen molar-refractivity contribution in [2.75, 3.05) is 7.05 Å². The number of hydrogen-bond acceptors (Lipinski definition) is 4. The van der Waals surface area contributed by atoms with Gasteiger partial charge >= 0.3 is 0 Å². The van der Waals surface area contributed by atoms with Crippen molar-refractivity contribution in [3.05, 3.63) is 34.8 Å².